The molecule has 2 aliphatic rings. The minimum absolute atomic E-state index is 0.655. The van der Waals surface area contributed by atoms with Gasteiger partial charge in [-0.15, -0.1) is 5.10 Å². The van der Waals surface area contributed by atoms with Crippen LogP contribution in [0.4, 0.5) is 5.69 Å². The quantitative estimate of drug-likeness (QED) is 0.914. The van der Waals surface area contributed by atoms with Crippen molar-refractivity contribution in [1.82, 2.24) is 20.2 Å². The molecule has 1 N–H and O–H groups in total. The van der Waals surface area contributed by atoms with E-state index in [2.05, 4.69) is 33.0 Å². The zero-order chi connectivity index (χ0) is 12.7. The van der Waals surface area contributed by atoms with E-state index < -0.39 is 0 Å². The molecule has 2 fully saturated rings. The van der Waals surface area contributed by atoms with Gasteiger partial charge in [0.1, 0.15) is 6.33 Å². The fourth-order valence-electron chi connectivity index (χ4n) is 3.65. The Bertz CT molecular complexity index is 565. The first-order valence-corrected chi connectivity index (χ1v) is 6.98. The van der Waals surface area contributed by atoms with Gasteiger partial charge in [0.2, 0.25) is 0 Å². The molecule has 5 nitrogen and oxygen atoms in total. The van der Waals surface area contributed by atoms with Crippen molar-refractivity contribution in [2.75, 3.05) is 5.32 Å². The highest BCUT2D eigenvalue weighted by molar-refractivity contribution is 5.51. The SMILES string of the molecule is c1cc(NC2CC3CCC2C3)cc(-n2cnnn2)c1. The zero-order valence-corrected chi connectivity index (χ0v) is 10.7. The smallest absolute Gasteiger partial charge is 0.143 e. The summed E-state index contributed by atoms with van der Waals surface area (Å²) in [5.41, 5.74) is 2.17. The van der Waals surface area contributed by atoms with E-state index in [1.807, 2.05) is 12.1 Å². The largest absolute Gasteiger partial charge is 0.382 e. The Morgan fingerprint density at radius 1 is 1.21 bits per heavy atom. The van der Waals surface area contributed by atoms with Gasteiger partial charge in [-0.05, 0) is 59.7 Å². The summed E-state index contributed by atoms with van der Waals surface area (Å²) in [6.07, 6.45) is 7.21. The van der Waals surface area contributed by atoms with Crippen LogP contribution in [0.3, 0.4) is 0 Å². The third-order valence-electron chi connectivity index (χ3n) is 4.55. The number of tetrazole rings is 1. The summed E-state index contributed by atoms with van der Waals surface area (Å²) in [6, 6.07) is 8.96. The topological polar surface area (TPSA) is 55.6 Å². The zero-order valence-electron chi connectivity index (χ0n) is 10.7. The van der Waals surface area contributed by atoms with Gasteiger partial charge < -0.3 is 5.32 Å². The highest BCUT2D eigenvalue weighted by atomic mass is 15.5. The molecule has 3 atom stereocenters. The lowest BCUT2D eigenvalue weighted by Gasteiger charge is -2.24. The summed E-state index contributed by atoms with van der Waals surface area (Å²) in [5.74, 6) is 1.84. The molecule has 0 amide bonds. The number of nitrogens with one attached hydrogen (secondary N) is 1. The van der Waals surface area contributed by atoms with E-state index in [9.17, 15) is 0 Å². The lowest BCUT2D eigenvalue weighted by atomic mass is 9.95. The third-order valence-corrected chi connectivity index (χ3v) is 4.55. The molecule has 3 unspecified atom stereocenters. The second-order valence-corrected chi connectivity index (χ2v) is 5.73. The van der Waals surface area contributed by atoms with Crippen molar-refractivity contribution in [2.45, 2.75) is 31.7 Å². The molecule has 1 aromatic carbocycles. The van der Waals surface area contributed by atoms with Crippen molar-refractivity contribution < 1.29 is 0 Å². The number of fused-ring (bicyclic) bond motifs is 2. The first kappa shape index (κ1) is 11.0. The number of benzene rings is 1. The molecule has 1 heterocycles. The molecule has 19 heavy (non-hydrogen) atoms. The van der Waals surface area contributed by atoms with E-state index in [0.717, 1.165) is 17.5 Å². The van der Waals surface area contributed by atoms with Crippen molar-refractivity contribution >= 4 is 5.69 Å². The maximum atomic E-state index is 3.93. The molecule has 0 saturated heterocycles. The van der Waals surface area contributed by atoms with E-state index in [1.54, 1.807) is 11.0 Å². The van der Waals surface area contributed by atoms with Crippen molar-refractivity contribution in [3.8, 4) is 5.69 Å². The number of hydrogen-bond donors (Lipinski definition) is 1. The highest BCUT2D eigenvalue weighted by Crippen LogP contribution is 2.45. The van der Waals surface area contributed by atoms with Crippen molar-refractivity contribution in [1.29, 1.82) is 0 Å². The second-order valence-electron chi connectivity index (χ2n) is 5.73. The van der Waals surface area contributed by atoms with Crippen LogP contribution < -0.4 is 5.32 Å². The van der Waals surface area contributed by atoms with Gasteiger partial charge in [0.05, 0.1) is 5.69 Å². The van der Waals surface area contributed by atoms with Crippen LogP contribution in [-0.4, -0.2) is 26.2 Å². The van der Waals surface area contributed by atoms with Crippen LogP contribution in [0.25, 0.3) is 5.69 Å². The van der Waals surface area contributed by atoms with E-state index in [4.69, 9.17) is 0 Å². The van der Waals surface area contributed by atoms with Gasteiger partial charge in [-0.25, -0.2) is 4.68 Å². The first-order chi connectivity index (χ1) is 9.38. The van der Waals surface area contributed by atoms with Crippen LogP contribution >= 0.6 is 0 Å². The summed E-state index contributed by atoms with van der Waals surface area (Å²) in [7, 11) is 0. The van der Waals surface area contributed by atoms with Gasteiger partial charge in [0.15, 0.2) is 0 Å². The van der Waals surface area contributed by atoms with Crippen LogP contribution in [0, 0.1) is 11.8 Å². The Hall–Kier alpha value is -1.91. The van der Waals surface area contributed by atoms with E-state index >= 15 is 0 Å². The molecule has 0 spiro atoms. The van der Waals surface area contributed by atoms with Crippen LogP contribution in [-0.2, 0) is 0 Å². The lowest BCUT2D eigenvalue weighted by Crippen LogP contribution is -2.25. The van der Waals surface area contributed by atoms with E-state index in [1.165, 1.54) is 31.4 Å². The first-order valence-electron chi connectivity index (χ1n) is 6.98. The number of hydrogen-bond acceptors (Lipinski definition) is 4. The van der Waals surface area contributed by atoms with Crippen molar-refractivity contribution in [2.24, 2.45) is 11.8 Å². The van der Waals surface area contributed by atoms with Crippen LogP contribution in [0.15, 0.2) is 30.6 Å². The molecule has 2 aliphatic carbocycles. The minimum Gasteiger partial charge on any atom is -0.382 e. The Morgan fingerprint density at radius 3 is 2.95 bits per heavy atom. The molecule has 5 heteroatoms. The van der Waals surface area contributed by atoms with Crippen molar-refractivity contribution in [3.05, 3.63) is 30.6 Å². The van der Waals surface area contributed by atoms with Gasteiger partial charge in [-0.1, -0.05) is 12.5 Å². The fourth-order valence-corrected chi connectivity index (χ4v) is 3.65. The molecule has 98 valence electrons. The fraction of sp³-hybridized carbons (Fsp3) is 0.500. The third kappa shape index (κ3) is 1.99. The average Bonchev–Trinajstić information content (AvgIpc) is 3.17. The van der Waals surface area contributed by atoms with E-state index in [0.29, 0.717) is 6.04 Å². The number of anilines is 1. The summed E-state index contributed by atoms with van der Waals surface area (Å²) in [4.78, 5) is 0. The van der Waals surface area contributed by atoms with Gasteiger partial charge in [0, 0.05) is 11.7 Å². The van der Waals surface area contributed by atoms with Gasteiger partial charge in [-0.2, -0.15) is 0 Å². The molecule has 2 bridgehead atoms. The van der Waals surface area contributed by atoms with Gasteiger partial charge >= 0.3 is 0 Å². The Kier molecular flexibility index (Phi) is 2.50. The van der Waals surface area contributed by atoms with Gasteiger partial charge in [-0.3, -0.25) is 0 Å². The molecular formula is C14H17N5. The number of nitrogens with zero attached hydrogens (tertiary/aromatic N) is 4. The maximum absolute atomic E-state index is 3.93. The summed E-state index contributed by atoms with van der Waals surface area (Å²) in [5, 5.41) is 15.0. The highest BCUT2D eigenvalue weighted by Gasteiger charge is 2.39. The monoisotopic (exact) mass is 255 g/mol. The number of aromatic nitrogens is 4. The van der Waals surface area contributed by atoms with Crippen LogP contribution in [0.1, 0.15) is 25.7 Å². The standard InChI is InChI=1S/C14H17N5/c1-2-12(8-13(3-1)19-9-15-17-18-19)16-14-7-10-4-5-11(14)6-10/h1-3,8-11,14,16H,4-7H2. The summed E-state index contributed by atoms with van der Waals surface area (Å²) in [6.45, 7) is 0. The normalized spacial score (nSPS) is 28.7. The van der Waals surface area contributed by atoms with Crippen LogP contribution in [0.2, 0.25) is 0 Å². The maximum Gasteiger partial charge on any atom is 0.143 e. The molecule has 2 saturated carbocycles. The molecule has 0 radical (unpaired) electrons. The van der Waals surface area contributed by atoms with Gasteiger partial charge in [0.25, 0.3) is 0 Å². The number of rotatable bonds is 3. The van der Waals surface area contributed by atoms with Crippen LogP contribution in [0.5, 0.6) is 0 Å². The predicted octanol–water partition coefficient (Wildman–Crippen LogP) is 2.26. The molecule has 1 aromatic heterocycles. The predicted molar refractivity (Wildman–Crippen MR) is 72.0 cm³/mol. The Labute approximate surface area is 112 Å². The Morgan fingerprint density at radius 2 is 2.21 bits per heavy atom. The second kappa shape index (κ2) is 4.33. The minimum atomic E-state index is 0.655. The molecule has 2 aromatic rings. The van der Waals surface area contributed by atoms with E-state index in [-0.39, 0.29) is 0 Å². The molecule has 4 rings (SSSR count). The lowest BCUT2D eigenvalue weighted by molar-refractivity contribution is 0.440. The molecular weight excluding hydrogens is 238 g/mol. The summed E-state index contributed by atoms with van der Waals surface area (Å²) >= 11 is 0. The average molecular weight is 255 g/mol. The van der Waals surface area contributed by atoms with Crippen molar-refractivity contribution in [3.63, 3.8) is 0 Å². The molecule has 0 aliphatic heterocycles. The summed E-state index contributed by atoms with van der Waals surface area (Å²) < 4.78 is 1.69. The Balaban J connectivity index is 1.54.